The molecule has 1 aliphatic heterocycles. The standard InChI is InChI=1S/C22H23ClN4O2/c23-17-8-4-9-18(12-17)27-15-20(16-6-2-1-3-7-16)25-22(27)26-21(28)14-24-13-19-10-5-11-29-19/h1-4,6-9,12,15,19,24H,5,10-11,13-14H2,(H,25,26,28). The van der Waals surface area contributed by atoms with E-state index in [0.717, 1.165) is 36.4 Å². The van der Waals surface area contributed by atoms with Crippen molar-refractivity contribution < 1.29 is 9.53 Å². The fourth-order valence-corrected chi connectivity index (χ4v) is 3.54. The smallest absolute Gasteiger partial charge is 0.240 e. The number of imidazole rings is 1. The van der Waals surface area contributed by atoms with Gasteiger partial charge in [-0.15, -0.1) is 0 Å². The van der Waals surface area contributed by atoms with Crippen molar-refractivity contribution in [2.45, 2.75) is 18.9 Å². The number of nitrogens with zero attached hydrogens (tertiary/aromatic N) is 2. The average molecular weight is 411 g/mol. The summed E-state index contributed by atoms with van der Waals surface area (Å²) in [5, 5.41) is 6.69. The van der Waals surface area contributed by atoms with Gasteiger partial charge in [-0.1, -0.05) is 48.0 Å². The molecule has 3 aromatic rings. The molecule has 1 aromatic heterocycles. The number of benzene rings is 2. The van der Waals surface area contributed by atoms with Crippen LogP contribution in [0.25, 0.3) is 16.9 Å². The highest BCUT2D eigenvalue weighted by Crippen LogP contribution is 2.25. The highest BCUT2D eigenvalue weighted by molar-refractivity contribution is 6.30. The van der Waals surface area contributed by atoms with E-state index in [1.807, 2.05) is 65.4 Å². The summed E-state index contributed by atoms with van der Waals surface area (Å²) in [6.45, 7) is 1.67. The van der Waals surface area contributed by atoms with Gasteiger partial charge in [0.25, 0.3) is 0 Å². The number of aromatic nitrogens is 2. The molecule has 0 radical (unpaired) electrons. The lowest BCUT2D eigenvalue weighted by Crippen LogP contribution is -2.34. The molecule has 0 spiro atoms. The third-order valence-electron chi connectivity index (χ3n) is 4.79. The van der Waals surface area contributed by atoms with E-state index in [1.165, 1.54) is 0 Å². The van der Waals surface area contributed by atoms with E-state index in [9.17, 15) is 4.79 Å². The van der Waals surface area contributed by atoms with Crippen LogP contribution in [0.5, 0.6) is 0 Å². The molecule has 6 nitrogen and oxygen atoms in total. The summed E-state index contributed by atoms with van der Waals surface area (Å²) < 4.78 is 7.41. The van der Waals surface area contributed by atoms with Crippen LogP contribution in [-0.4, -0.2) is 41.3 Å². The highest BCUT2D eigenvalue weighted by atomic mass is 35.5. The molecule has 0 bridgehead atoms. The lowest BCUT2D eigenvalue weighted by atomic mass is 10.2. The Morgan fingerprint density at radius 2 is 2.07 bits per heavy atom. The van der Waals surface area contributed by atoms with Crippen LogP contribution in [0.3, 0.4) is 0 Å². The number of ether oxygens (including phenoxy) is 1. The van der Waals surface area contributed by atoms with Gasteiger partial charge in [-0.25, -0.2) is 4.98 Å². The van der Waals surface area contributed by atoms with Gasteiger partial charge >= 0.3 is 0 Å². The Morgan fingerprint density at radius 1 is 1.21 bits per heavy atom. The Hall–Kier alpha value is -2.67. The summed E-state index contributed by atoms with van der Waals surface area (Å²) in [6, 6.07) is 17.3. The minimum atomic E-state index is -0.156. The van der Waals surface area contributed by atoms with Crippen molar-refractivity contribution in [3.05, 3.63) is 65.8 Å². The van der Waals surface area contributed by atoms with Crippen molar-refractivity contribution in [1.29, 1.82) is 0 Å². The van der Waals surface area contributed by atoms with Gasteiger partial charge in [0, 0.05) is 35.6 Å². The third kappa shape index (κ3) is 5.03. The summed E-state index contributed by atoms with van der Waals surface area (Å²) in [5.41, 5.74) is 2.57. The third-order valence-corrected chi connectivity index (χ3v) is 5.03. The first-order valence-corrected chi connectivity index (χ1v) is 10.1. The molecule has 4 rings (SSSR count). The number of nitrogens with one attached hydrogen (secondary N) is 2. The van der Waals surface area contributed by atoms with Crippen LogP contribution in [-0.2, 0) is 9.53 Å². The molecule has 1 amide bonds. The van der Waals surface area contributed by atoms with E-state index in [4.69, 9.17) is 16.3 Å². The maximum atomic E-state index is 12.5. The van der Waals surface area contributed by atoms with Gasteiger partial charge < -0.3 is 10.1 Å². The van der Waals surface area contributed by atoms with Crippen LogP contribution in [0.2, 0.25) is 5.02 Å². The molecule has 1 atom stereocenters. The summed E-state index contributed by atoms with van der Waals surface area (Å²) in [4.78, 5) is 17.1. The number of halogens is 1. The Labute approximate surface area is 174 Å². The predicted octanol–water partition coefficient (Wildman–Crippen LogP) is 3.90. The molecule has 29 heavy (non-hydrogen) atoms. The first-order valence-electron chi connectivity index (χ1n) is 9.72. The number of amides is 1. The molecule has 0 saturated carbocycles. The zero-order valence-electron chi connectivity index (χ0n) is 16.0. The molecule has 150 valence electrons. The van der Waals surface area contributed by atoms with Gasteiger partial charge in [0.05, 0.1) is 18.3 Å². The lowest BCUT2D eigenvalue weighted by Gasteiger charge is -2.12. The van der Waals surface area contributed by atoms with E-state index >= 15 is 0 Å². The predicted molar refractivity (Wildman–Crippen MR) is 114 cm³/mol. The summed E-state index contributed by atoms with van der Waals surface area (Å²) in [7, 11) is 0. The van der Waals surface area contributed by atoms with E-state index in [-0.39, 0.29) is 18.6 Å². The SMILES string of the molecule is O=C(CNCC1CCCO1)Nc1nc(-c2ccccc2)cn1-c1cccc(Cl)c1. The molecule has 2 aromatic carbocycles. The number of carbonyl (C=O) groups excluding carboxylic acids is 1. The van der Waals surface area contributed by atoms with Crippen LogP contribution in [0.4, 0.5) is 5.95 Å². The normalized spacial score (nSPS) is 16.1. The fourth-order valence-electron chi connectivity index (χ4n) is 3.36. The van der Waals surface area contributed by atoms with Crippen LogP contribution in [0.15, 0.2) is 60.8 Å². The van der Waals surface area contributed by atoms with E-state index in [0.29, 0.717) is 17.5 Å². The quantitative estimate of drug-likeness (QED) is 0.619. The van der Waals surface area contributed by atoms with Crippen LogP contribution >= 0.6 is 11.6 Å². The number of carbonyl (C=O) groups is 1. The van der Waals surface area contributed by atoms with E-state index in [2.05, 4.69) is 15.6 Å². The first kappa shape index (κ1) is 19.6. The number of hydrogen-bond acceptors (Lipinski definition) is 4. The van der Waals surface area contributed by atoms with Gasteiger partial charge in [0.2, 0.25) is 11.9 Å². The second-order valence-corrected chi connectivity index (χ2v) is 7.42. The number of anilines is 1. The second-order valence-electron chi connectivity index (χ2n) is 6.98. The van der Waals surface area contributed by atoms with Gasteiger partial charge in [-0.2, -0.15) is 0 Å². The molecule has 0 aliphatic carbocycles. The first-order chi connectivity index (χ1) is 14.2. The molecular weight excluding hydrogens is 388 g/mol. The fraction of sp³-hybridized carbons (Fsp3) is 0.273. The molecule has 1 unspecified atom stereocenters. The molecule has 7 heteroatoms. The van der Waals surface area contributed by atoms with Gasteiger partial charge in [-0.3, -0.25) is 14.7 Å². The van der Waals surface area contributed by atoms with E-state index < -0.39 is 0 Å². The van der Waals surface area contributed by atoms with Crippen molar-refractivity contribution in [3.63, 3.8) is 0 Å². The van der Waals surface area contributed by atoms with Crippen LogP contribution < -0.4 is 10.6 Å². The molecule has 2 N–H and O–H groups in total. The highest BCUT2D eigenvalue weighted by Gasteiger charge is 2.17. The van der Waals surface area contributed by atoms with E-state index in [1.54, 1.807) is 0 Å². The zero-order valence-corrected chi connectivity index (χ0v) is 16.7. The monoisotopic (exact) mass is 410 g/mol. The number of rotatable bonds is 7. The molecule has 1 aliphatic rings. The molecule has 1 saturated heterocycles. The van der Waals surface area contributed by atoms with Crippen molar-refractivity contribution >= 4 is 23.5 Å². The zero-order chi connectivity index (χ0) is 20.1. The number of hydrogen-bond donors (Lipinski definition) is 2. The average Bonchev–Trinajstić information content (AvgIpc) is 3.39. The summed E-state index contributed by atoms with van der Waals surface area (Å²) >= 11 is 6.16. The largest absolute Gasteiger partial charge is 0.377 e. The topological polar surface area (TPSA) is 68.2 Å². The summed E-state index contributed by atoms with van der Waals surface area (Å²) in [6.07, 6.45) is 4.21. The Bertz CT molecular complexity index is 968. The Kier molecular flexibility index (Phi) is 6.24. The van der Waals surface area contributed by atoms with Crippen LogP contribution in [0, 0.1) is 0 Å². The maximum absolute atomic E-state index is 12.5. The van der Waals surface area contributed by atoms with Gasteiger partial charge in [0.1, 0.15) is 0 Å². The van der Waals surface area contributed by atoms with Gasteiger partial charge in [0.15, 0.2) is 0 Å². The second kappa shape index (κ2) is 9.22. The molecule has 1 fully saturated rings. The van der Waals surface area contributed by atoms with Crippen molar-refractivity contribution in [2.24, 2.45) is 0 Å². The summed E-state index contributed by atoms with van der Waals surface area (Å²) in [5.74, 6) is 0.298. The van der Waals surface area contributed by atoms with Crippen molar-refractivity contribution in [2.75, 3.05) is 25.0 Å². The maximum Gasteiger partial charge on any atom is 0.240 e. The Balaban J connectivity index is 1.52. The Morgan fingerprint density at radius 3 is 2.83 bits per heavy atom. The van der Waals surface area contributed by atoms with Gasteiger partial charge in [-0.05, 0) is 31.0 Å². The van der Waals surface area contributed by atoms with Crippen molar-refractivity contribution in [1.82, 2.24) is 14.9 Å². The molecular formula is C22H23ClN4O2. The minimum Gasteiger partial charge on any atom is -0.377 e. The minimum absolute atomic E-state index is 0.156. The van der Waals surface area contributed by atoms with Crippen molar-refractivity contribution in [3.8, 4) is 16.9 Å². The molecule has 2 heterocycles. The van der Waals surface area contributed by atoms with Crippen LogP contribution in [0.1, 0.15) is 12.8 Å². The lowest BCUT2D eigenvalue weighted by molar-refractivity contribution is -0.115.